The van der Waals surface area contributed by atoms with E-state index in [2.05, 4.69) is 10.6 Å². The summed E-state index contributed by atoms with van der Waals surface area (Å²) in [5.41, 5.74) is 2.59. The summed E-state index contributed by atoms with van der Waals surface area (Å²) in [6, 6.07) is 5.69. The molecule has 7 nitrogen and oxygen atoms in total. The molecule has 36 heavy (non-hydrogen) atoms. The minimum atomic E-state index is -3.77. The molecule has 3 atom stereocenters. The second kappa shape index (κ2) is 9.42. The van der Waals surface area contributed by atoms with Gasteiger partial charge in [-0.25, -0.2) is 0 Å². The molecule has 0 aromatic heterocycles. The van der Waals surface area contributed by atoms with E-state index >= 15 is 0 Å². The highest BCUT2D eigenvalue weighted by molar-refractivity contribution is 6.43. The van der Waals surface area contributed by atoms with Gasteiger partial charge < -0.3 is 10.2 Å². The first-order chi connectivity index (χ1) is 16.8. The number of hydrogen-bond donors (Lipinski definition) is 2. The van der Waals surface area contributed by atoms with Crippen LogP contribution in [0.15, 0.2) is 30.3 Å². The van der Waals surface area contributed by atoms with Gasteiger partial charge in [-0.2, -0.15) is 8.78 Å². The van der Waals surface area contributed by atoms with Gasteiger partial charge in [-0.05, 0) is 29.7 Å². The Morgan fingerprint density at radius 3 is 2.44 bits per heavy atom. The standard InChI is InChI=1S/C22H22B4ClF2N3O4/c23-11-7-10-14(18(26)32(20(10)35)12-5-6-13(33)30-19(12)34)16(24)15(11)17(25)31-21(36)22(28,29)8-1-3-9(27)4-2-8/h1-4,7,12,17-18H,5-6,23-26H2,(H,31,36)(H,30,33,34). The van der Waals surface area contributed by atoms with Gasteiger partial charge in [0.05, 0.1) is 0 Å². The van der Waals surface area contributed by atoms with Crippen molar-refractivity contribution in [3.05, 3.63) is 57.6 Å². The van der Waals surface area contributed by atoms with Crippen LogP contribution >= 0.6 is 11.6 Å². The molecule has 4 rings (SSSR count). The summed E-state index contributed by atoms with van der Waals surface area (Å²) < 4.78 is 29.7. The van der Waals surface area contributed by atoms with E-state index in [-0.39, 0.29) is 29.7 Å². The van der Waals surface area contributed by atoms with Crippen molar-refractivity contribution in [3.8, 4) is 0 Å². The quantitative estimate of drug-likeness (QED) is 0.339. The number of nitrogens with one attached hydrogen (secondary N) is 2. The van der Waals surface area contributed by atoms with Crippen molar-refractivity contribution in [2.75, 3.05) is 0 Å². The number of fused-ring (bicyclic) bond motifs is 1. The Morgan fingerprint density at radius 2 is 1.83 bits per heavy atom. The van der Waals surface area contributed by atoms with E-state index in [0.29, 0.717) is 27.6 Å². The minimum absolute atomic E-state index is 0.136. The van der Waals surface area contributed by atoms with Gasteiger partial charge in [-0.1, -0.05) is 40.7 Å². The average Bonchev–Trinajstić information content (AvgIpc) is 3.04. The van der Waals surface area contributed by atoms with Crippen molar-refractivity contribution in [1.29, 1.82) is 0 Å². The summed E-state index contributed by atoms with van der Waals surface area (Å²) in [5, 5.41) is 4.98. The fourth-order valence-electron chi connectivity index (χ4n) is 5.36. The zero-order valence-electron chi connectivity index (χ0n) is 20.2. The van der Waals surface area contributed by atoms with Gasteiger partial charge in [0.15, 0.2) is 0 Å². The summed E-state index contributed by atoms with van der Waals surface area (Å²) in [7, 11) is 6.92. The van der Waals surface area contributed by atoms with Gasteiger partial charge >= 0.3 is 5.92 Å². The maximum Gasteiger partial charge on any atom is 0.349 e. The van der Waals surface area contributed by atoms with Gasteiger partial charge in [-0.3, -0.25) is 24.5 Å². The molecule has 1 saturated heterocycles. The van der Waals surface area contributed by atoms with E-state index in [9.17, 15) is 28.0 Å². The number of carbonyl (C=O) groups is 4. The molecule has 2 aromatic rings. The molecule has 1 fully saturated rings. The third-order valence-electron chi connectivity index (χ3n) is 7.00. The van der Waals surface area contributed by atoms with Crippen LogP contribution in [0.1, 0.15) is 51.8 Å². The highest BCUT2D eigenvalue weighted by atomic mass is 35.5. The molecule has 2 aliphatic rings. The number of nitrogens with zero attached hydrogens (tertiary/aromatic N) is 1. The largest absolute Gasteiger partial charge is 0.352 e. The number of alkyl halides is 2. The summed E-state index contributed by atoms with van der Waals surface area (Å²) in [5.74, 6) is -7.70. The van der Waals surface area contributed by atoms with E-state index in [1.165, 1.54) is 17.0 Å². The maximum atomic E-state index is 14.8. The fraction of sp³-hybridized carbons (Fsp3) is 0.273. The Morgan fingerprint density at radius 1 is 1.19 bits per heavy atom. The second-order valence-corrected chi connectivity index (χ2v) is 9.76. The topological polar surface area (TPSA) is 95.6 Å². The number of imide groups is 1. The zero-order valence-corrected chi connectivity index (χ0v) is 21.0. The molecular weight excluding hydrogens is 487 g/mol. The lowest BCUT2D eigenvalue weighted by Gasteiger charge is -2.33. The molecule has 0 saturated carbocycles. The number of hydrogen-bond acceptors (Lipinski definition) is 4. The van der Waals surface area contributed by atoms with Crippen LogP contribution in [-0.2, 0) is 20.3 Å². The molecule has 182 valence electrons. The minimum Gasteiger partial charge on any atom is -0.352 e. The maximum absolute atomic E-state index is 14.8. The predicted molar refractivity (Wildman–Crippen MR) is 141 cm³/mol. The molecule has 0 bridgehead atoms. The summed E-state index contributed by atoms with van der Waals surface area (Å²) >= 11 is 5.77. The van der Waals surface area contributed by atoms with Crippen LogP contribution < -0.4 is 21.6 Å². The molecule has 2 aliphatic heterocycles. The van der Waals surface area contributed by atoms with Crippen LogP contribution in [-0.4, -0.2) is 66.0 Å². The van der Waals surface area contributed by atoms with Gasteiger partial charge in [0, 0.05) is 34.5 Å². The number of piperidine rings is 1. The average molecular weight is 509 g/mol. The van der Waals surface area contributed by atoms with E-state index in [4.69, 9.17) is 11.6 Å². The molecule has 2 heterocycles. The highest BCUT2D eigenvalue weighted by Gasteiger charge is 2.45. The molecule has 0 radical (unpaired) electrons. The first-order valence-corrected chi connectivity index (χ1v) is 12.0. The molecular formula is C22H22B4ClF2N3O4. The van der Waals surface area contributed by atoms with Crippen molar-refractivity contribution in [1.82, 2.24) is 15.5 Å². The van der Waals surface area contributed by atoms with E-state index in [1.807, 2.05) is 0 Å². The fourth-order valence-corrected chi connectivity index (χ4v) is 5.49. The van der Waals surface area contributed by atoms with Gasteiger partial charge in [-0.15, -0.1) is 0 Å². The lowest BCUT2D eigenvalue weighted by atomic mass is 9.67. The van der Waals surface area contributed by atoms with Gasteiger partial charge in [0.1, 0.15) is 37.4 Å². The Bertz CT molecular complexity index is 1300. The van der Waals surface area contributed by atoms with Gasteiger partial charge in [0.2, 0.25) is 11.8 Å². The number of benzene rings is 2. The van der Waals surface area contributed by atoms with Crippen molar-refractivity contribution in [2.24, 2.45) is 0 Å². The van der Waals surface area contributed by atoms with Crippen LogP contribution in [0.3, 0.4) is 0 Å². The van der Waals surface area contributed by atoms with Crippen molar-refractivity contribution in [3.63, 3.8) is 0 Å². The molecule has 2 aromatic carbocycles. The molecule has 0 aliphatic carbocycles. The third-order valence-corrected chi connectivity index (χ3v) is 7.25. The monoisotopic (exact) mass is 509 g/mol. The van der Waals surface area contributed by atoms with Gasteiger partial charge in [0.25, 0.3) is 11.8 Å². The number of rotatable bonds is 5. The Labute approximate surface area is 215 Å². The SMILES string of the molecule is Bc1cc2c(c(B)c1C(B)NC(=O)C(F)(F)c1ccc(Cl)cc1)C(B)N(C1CCC(=O)NC1=O)C2=O. The highest BCUT2D eigenvalue weighted by Crippen LogP contribution is 2.35. The van der Waals surface area contributed by atoms with Crippen molar-refractivity contribution < 1.29 is 28.0 Å². The Hall–Kier alpha value is -3.07. The van der Waals surface area contributed by atoms with Crippen LogP contribution in [0.4, 0.5) is 8.78 Å². The van der Waals surface area contributed by atoms with Crippen LogP contribution in [0.2, 0.25) is 5.02 Å². The second-order valence-electron chi connectivity index (χ2n) is 9.33. The number of carbonyl (C=O) groups excluding carboxylic acids is 4. The predicted octanol–water partition coefficient (Wildman–Crippen LogP) is -2.71. The Balaban J connectivity index is 1.62. The van der Waals surface area contributed by atoms with Crippen LogP contribution in [0, 0.1) is 0 Å². The van der Waals surface area contributed by atoms with E-state index in [0.717, 1.165) is 12.1 Å². The summed E-state index contributed by atoms with van der Waals surface area (Å²) in [6.45, 7) is 0. The van der Waals surface area contributed by atoms with E-state index < -0.39 is 41.2 Å². The lowest BCUT2D eigenvalue weighted by Crippen LogP contribution is -2.53. The van der Waals surface area contributed by atoms with Crippen LogP contribution in [0.25, 0.3) is 0 Å². The first kappa shape index (κ1) is 26.0. The number of halogens is 3. The smallest absolute Gasteiger partial charge is 0.349 e. The third kappa shape index (κ3) is 4.34. The molecule has 0 spiro atoms. The zero-order chi connectivity index (χ0) is 26.5. The first-order valence-electron chi connectivity index (χ1n) is 11.6. The molecule has 14 heteroatoms. The Kier molecular flexibility index (Phi) is 6.81. The van der Waals surface area contributed by atoms with Crippen LogP contribution in [0.5, 0.6) is 0 Å². The summed E-state index contributed by atoms with van der Waals surface area (Å²) in [4.78, 5) is 51.4. The van der Waals surface area contributed by atoms with Crippen molar-refractivity contribution in [2.45, 2.75) is 36.7 Å². The summed E-state index contributed by atoms with van der Waals surface area (Å²) in [6.07, 6.45) is 0.364. The molecule has 3 unspecified atom stereocenters. The molecule has 4 amide bonds. The number of amides is 4. The lowest BCUT2D eigenvalue weighted by molar-refractivity contribution is -0.147. The normalized spacial score (nSPS) is 20.6. The van der Waals surface area contributed by atoms with E-state index in [1.54, 1.807) is 37.5 Å². The van der Waals surface area contributed by atoms with Crippen molar-refractivity contribution >= 4 is 77.5 Å². The molecule has 2 N–H and O–H groups in total.